The van der Waals surface area contributed by atoms with E-state index in [0.717, 1.165) is 12.3 Å². The summed E-state index contributed by atoms with van der Waals surface area (Å²) in [6.45, 7) is 5.03. The highest BCUT2D eigenvalue weighted by molar-refractivity contribution is 6.15. The molecule has 1 aromatic rings. The molecular weight excluding hydrogens is 393 g/mol. The SMILES string of the molecule is CC1(C)OC(=O)C(=CNc2ccc(CN3CCOCC3)c(C(F)(F)F)c2)C(=O)O1. The third-order valence-electron chi connectivity index (χ3n) is 4.41. The molecule has 2 heterocycles. The van der Waals surface area contributed by atoms with Crippen molar-refractivity contribution in [2.45, 2.75) is 32.4 Å². The van der Waals surface area contributed by atoms with Gasteiger partial charge in [0.15, 0.2) is 5.57 Å². The largest absolute Gasteiger partial charge is 0.419 e. The van der Waals surface area contributed by atoms with Crippen LogP contribution in [-0.2, 0) is 36.5 Å². The molecule has 0 radical (unpaired) electrons. The monoisotopic (exact) mass is 414 g/mol. The van der Waals surface area contributed by atoms with Crippen LogP contribution in [0.1, 0.15) is 25.0 Å². The molecule has 0 atom stereocenters. The first kappa shape index (κ1) is 21.1. The summed E-state index contributed by atoms with van der Waals surface area (Å²) in [5, 5.41) is 2.55. The molecule has 29 heavy (non-hydrogen) atoms. The molecule has 2 fully saturated rings. The summed E-state index contributed by atoms with van der Waals surface area (Å²) < 4.78 is 55.8. The number of hydrogen-bond donors (Lipinski definition) is 1. The Morgan fingerprint density at radius 3 is 2.34 bits per heavy atom. The lowest BCUT2D eigenvalue weighted by atomic mass is 10.0. The molecular formula is C19H21F3N2O5. The van der Waals surface area contributed by atoms with Crippen molar-refractivity contribution in [3.8, 4) is 0 Å². The van der Waals surface area contributed by atoms with E-state index in [2.05, 4.69) is 5.32 Å². The van der Waals surface area contributed by atoms with Crippen molar-refractivity contribution in [2.24, 2.45) is 0 Å². The van der Waals surface area contributed by atoms with E-state index in [1.54, 1.807) is 0 Å². The van der Waals surface area contributed by atoms with Gasteiger partial charge in [0.1, 0.15) is 0 Å². The first-order chi connectivity index (χ1) is 13.5. The Morgan fingerprint density at radius 1 is 1.14 bits per heavy atom. The van der Waals surface area contributed by atoms with E-state index in [1.165, 1.54) is 26.0 Å². The number of anilines is 1. The number of cyclic esters (lactones) is 2. The fraction of sp³-hybridized carbons (Fsp3) is 0.474. The number of nitrogens with one attached hydrogen (secondary N) is 1. The van der Waals surface area contributed by atoms with Crippen LogP contribution < -0.4 is 5.32 Å². The van der Waals surface area contributed by atoms with Crippen LogP contribution in [0, 0.1) is 0 Å². The van der Waals surface area contributed by atoms with E-state index < -0.39 is 35.0 Å². The Kier molecular flexibility index (Phi) is 5.85. The Morgan fingerprint density at radius 2 is 1.76 bits per heavy atom. The molecule has 2 aliphatic rings. The van der Waals surface area contributed by atoms with Gasteiger partial charge in [-0.05, 0) is 17.7 Å². The van der Waals surface area contributed by atoms with Gasteiger partial charge in [0.25, 0.3) is 5.79 Å². The number of carbonyl (C=O) groups is 2. The molecule has 3 rings (SSSR count). The Bertz CT molecular complexity index is 808. The van der Waals surface area contributed by atoms with E-state index in [4.69, 9.17) is 14.2 Å². The molecule has 0 unspecified atom stereocenters. The summed E-state index contributed by atoms with van der Waals surface area (Å²) >= 11 is 0. The van der Waals surface area contributed by atoms with Crippen LogP contribution in [0.15, 0.2) is 30.0 Å². The van der Waals surface area contributed by atoms with Crippen LogP contribution in [0.25, 0.3) is 0 Å². The maximum absolute atomic E-state index is 13.6. The summed E-state index contributed by atoms with van der Waals surface area (Å²) in [5.41, 5.74) is -1.02. The molecule has 2 aliphatic heterocycles. The maximum Gasteiger partial charge on any atom is 0.416 e. The Hall–Kier alpha value is -2.59. The van der Waals surface area contributed by atoms with Crippen LogP contribution in [0.2, 0.25) is 0 Å². The fourth-order valence-electron chi connectivity index (χ4n) is 3.00. The number of ether oxygens (including phenoxy) is 3. The van der Waals surface area contributed by atoms with Crippen LogP contribution >= 0.6 is 0 Å². The van der Waals surface area contributed by atoms with Crippen molar-refractivity contribution in [1.29, 1.82) is 0 Å². The molecule has 0 spiro atoms. The zero-order valence-corrected chi connectivity index (χ0v) is 16.0. The average Bonchev–Trinajstić information content (AvgIpc) is 2.61. The second kappa shape index (κ2) is 8.03. The number of hydrogen-bond acceptors (Lipinski definition) is 7. The molecule has 0 aromatic heterocycles. The Balaban J connectivity index is 1.80. The molecule has 158 valence electrons. The van der Waals surface area contributed by atoms with Gasteiger partial charge in [0, 0.05) is 45.4 Å². The van der Waals surface area contributed by atoms with Gasteiger partial charge in [-0.1, -0.05) is 6.07 Å². The van der Waals surface area contributed by atoms with Crippen molar-refractivity contribution in [3.63, 3.8) is 0 Å². The molecule has 0 amide bonds. The minimum Gasteiger partial charge on any atom is -0.419 e. The first-order valence-electron chi connectivity index (χ1n) is 8.99. The van der Waals surface area contributed by atoms with Crippen molar-refractivity contribution in [3.05, 3.63) is 41.1 Å². The molecule has 1 N–H and O–H groups in total. The van der Waals surface area contributed by atoms with Crippen molar-refractivity contribution in [2.75, 3.05) is 31.6 Å². The lowest BCUT2D eigenvalue weighted by molar-refractivity contribution is -0.222. The first-order valence-corrected chi connectivity index (χ1v) is 8.99. The lowest BCUT2D eigenvalue weighted by Gasteiger charge is -2.29. The molecule has 1 aromatic carbocycles. The molecule has 10 heteroatoms. The van der Waals surface area contributed by atoms with Crippen molar-refractivity contribution in [1.82, 2.24) is 4.90 Å². The summed E-state index contributed by atoms with van der Waals surface area (Å²) in [7, 11) is 0. The number of halogens is 3. The standard InChI is InChI=1S/C19H21F3N2O5/c1-18(2)28-16(25)14(17(26)29-18)10-23-13-4-3-12(15(9-13)19(20,21)22)11-24-5-7-27-8-6-24/h3-4,9-10,23H,5-8,11H2,1-2H3. The third-order valence-corrected chi connectivity index (χ3v) is 4.41. The number of morpholine rings is 1. The van der Waals surface area contributed by atoms with Gasteiger partial charge in [0.2, 0.25) is 0 Å². The highest BCUT2D eigenvalue weighted by Crippen LogP contribution is 2.34. The van der Waals surface area contributed by atoms with Gasteiger partial charge in [-0.2, -0.15) is 13.2 Å². The number of alkyl halides is 3. The van der Waals surface area contributed by atoms with E-state index in [0.29, 0.717) is 26.3 Å². The van der Waals surface area contributed by atoms with Crippen LogP contribution in [0.3, 0.4) is 0 Å². The number of nitrogens with zero attached hydrogens (tertiary/aromatic N) is 1. The van der Waals surface area contributed by atoms with E-state index in [-0.39, 0.29) is 17.8 Å². The van der Waals surface area contributed by atoms with Crippen molar-refractivity contribution < 1.29 is 37.0 Å². The second-order valence-electron chi connectivity index (χ2n) is 7.14. The van der Waals surface area contributed by atoms with Gasteiger partial charge in [-0.25, -0.2) is 9.59 Å². The fourth-order valence-corrected chi connectivity index (χ4v) is 3.00. The van der Waals surface area contributed by atoms with Gasteiger partial charge >= 0.3 is 18.1 Å². The highest BCUT2D eigenvalue weighted by Gasteiger charge is 2.39. The normalized spacial score (nSPS) is 20.1. The average molecular weight is 414 g/mol. The predicted octanol–water partition coefficient (Wildman–Crippen LogP) is 2.67. The number of carbonyl (C=O) groups excluding carboxylic acids is 2. The second-order valence-corrected chi connectivity index (χ2v) is 7.14. The van der Waals surface area contributed by atoms with Gasteiger partial charge in [0.05, 0.1) is 18.8 Å². The minimum absolute atomic E-state index is 0.0704. The Labute approximate surface area is 165 Å². The summed E-state index contributed by atoms with van der Waals surface area (Å²) in [4.78, 5) is 25.7. The predicted molar refractivity (Wildman–Crippen MR) is 95.5 cm³/mol. The molecule has 7 nitrogen and oxygen atoms in total. The highest BCUT2D eigenvalue weighted by atomic mass is 19.4. The minimum atomic E-state index is -4.56. The van der Waals surface area contributed by atoms with Crippen LogP contribution in [0.4, 0.5) is 18.9 Å². The summed E-state index contributed by atoms with van der Waals surface area (Å²) in [6, 6.07) is 3.77. The van der Waals surface area contributed by atoms with Gasteiger partial charge in [-0.3, -0.25) is 4.90 Å². The van der Waals surface area contributed by atoms with Crippen molar-refractivity contribution >= 4 is 17.6 Å². The summed E-state index contributed by atoms with van der Waals surface area (Å²) in [6.07, 6.45) is -3.57. The molecule has 0 bridgehead atoms. The quantitative estimate of drug-likeness (QED) is 0.461. The molecule has 2 saturated heterocycles. The third kappa shape index (κ3) is 5.27. The smallest absolute Gasteiger partial charge is 0.416 e. The maximum atomic E-state index is 13.6. The van der Waals surface area contributed by atoms with E-state index in [1.807, 2.05) is 4.90 Å². The lowest BCUT2D eigenvalue weighted by Crippen LogP contribution is -2.42. The van der Waals surface area contributed by atoms with Crippen LogP contribution in [-0.4, -0.2) is 48.9 Å². The molecule has 0 aliphatic carbocycles. The van der Waals surface area contributed by atoms with Crippen LogP contribution in [0.5, 0.6) is 0 Å². The molecule has 0 saturated carbocycles. The summed E-state index contributed by atoms with van der Waals surface area (Å²) in [5.74, 6) is -3.23. The zero-order chi connectivity index (χ0) is 21.2. The number of benzene rings is 1. The van der Waals surface area contributed by atoms with E-state index in [9.17, 15) is 22.8 Å². The van der Waals surface area contributed by atoms with Gasteiger partial charge < -0.3 is 19.5 Å². The topological polar surface area (TPSA) is 77.1 Å². The zero-order valence-electron chi connectivity index (χ0n) is 16.0. The number of rotatable bonds is 4. The van der Waals surface area contributed by atoms with E-state index >= 15 is 0 Å². The number of esters is 2. The van der Waals surface area contributed by atoms with Gasteiger partial charge in [-0.15, -0.1) is 0 Å².